The number of benzene rings is 2. The van der Waals surface area contributed by atoms with Crippen molar-refractivity contribution in [2.75, 3.05) is 16.8 Å². The molecule has 2 aromatic rings. The molecule has 1 atom stereocenters. The van der Waals surface area contributed by atoms with Crippen LogP contribution in [0.1, 0.15) is 49.5 Å². The molecule has 2 aliphatic heterocycles. The highest BCUT2D eigenvalue weighted by Crippen LogP contribution is 2.43. The van der Waals surface area contributed by atoms with E-state index in [1.54, 1.807) is 29.2 Å². The zero-order chi connectivity index (χ0) is 22.2. The molecule has 3 amide bonds. The molecule has 162 valence electrons. The second-order valence-electron chi connectivity index (χ2n) is 8.46. The Labute approximate surface area is 182 Å². The average molecular weight is 421 g/mol. The van der Waals surface area contributed by atoms with E-state index in [0.29, 0.717) is 36.4 Å². The normalized spacial score (nSPS) is 20.1. The molecule has 0 spiro atoms. The van der Waals surface area contributed by atoms with Gasteiger partial charge in [0.1, 0.15) is 12.2 Å². The summed E-state index contributed by atoms with van der Waals surface area (Å²) < 4.78 is 5.62. The first-order valence-corrected chi connectivity index (χ1v) is 10.5. The molecule has 1 unspecified atom stereocenters. The molecular formula is C24H27N3O4. The first-order chi connectivity index (χ1) is 14.8. The van der Waals surface area contributed by atoms with E-state index in [2.05, 4.69) is 5.32 Å². The predicted octanol–water partition coefficient (Wildman–Crippen LogP) is 3.55. The van der Waals surface area contributed by atoms with Crippen LogP contribution in [0, 0.1) is 0 Å². The minimum Gasteiger partial charge on any atom is -0.374 e. The van der Waals surface area contributed by atoms with Crippen LogP contribution in [0.4, 0.5) is 11.4 Å². The van der Waals surface area contributed by atoms with E-state index < -0.39 is 5.66 Å². The summed E-state index contributed by atoms with van der Waals surface area (Å²) in [6.45, 7) is 6.11. The van der Waals surface area contributed by atoms with Gasteiger partial charge in [-0.25, -0.2) is 0 Å². The Morgan fingerprint density at radius 1 is 1.16 bits per heavy atom. The van der Waals surface area contributed by atoms with Gasteiger partial charge in [0.15, 0.2) is 0 Å². The van der Waals surface area contributed by atoms with Crippen molar-refractivity contribution in [3.8, 4) is 0 Å². The molecule has 1 fully saturated rings. The number of hydrogen-bond donors (Lipinski definition) is 1. The molecule has 0 bridgehead atoms. The highest BCUT2D eigenvalue weighted by Gasteiger charge is 2.53. The Bertz CT molecular complexity index is 1030. The molecule has 2 aromatic carbocycles. The summed E-state index contributed by atoms with van der Waals surface area (Å²) in [5.41, 5.74) is 1.80. The monoisotopic (exact) mass is 421 g/mol. The topological polar surface area (TPSA) is 79.0 Å². The van der Waals surface area contributed by atoms with E-state index >= 15 is 0 Å². The molecule has 7 heteroatoms. The second-order valence-corrected chi connectivity index (χ2v) is 8.46. The number of rotatable bonds is 6. The van der Waals surface area contributed by atoms with Crippen LogP contribution >= 0.6 is 0 Å². The van der Waals surface area contributed by atoms with Gasteiger partial charge in [-0.2, -0.15) is 0 Å². The number of hydrogen-bond acceptors (Lipinski definition) is 4. The Morgan fingerprint density at radius 2 is 1.94 bits per heavy atom. The SMILES string of the molecule is CC(C)OCc1cccc(NC(=O)CN2C(=O)c3ccccc3N3C(=O)CCC23C)c1. The number of amides is 3. The molecule has 31 heavy (non-hydrogen) atoms. The summed E-state index contributed by atoms with van der Waals surface area (Å²) in [6, 6.07) is 14.5. The number of nitrogens with one attached hydrogen (secondary N) is 1. The summed E-state index contributed by atoms with van der Waals surface area (Å²) in [5, 5.41) is 2.88. The van der Waals surface area contributed by atoms with Gasteiger partial charge in [0.05, 0.1) is 24.0 Å². The third-order valence-corrected chi connectivity index (χ3v) is 5.84. The smallest absolute Gasteiger partial charge is 0.258 e. The van der Waals surface area contributed by atoms with Gasteiger partial charge >= 0.3 is 0 Å². The fourth-order valence-corrected chi connectivity index (χ4v) is 4.29. The van der Waals surface area contributed by atoms with Crippen molar-refractivity contribution in [2.45, 2.75) is 52.0 Å². The Morgan fingerprint density at radius 3 is 2.71 bits per heavy atom. The highest BCUT2D eigenvalue weighted by molar-refractivity contribution is 6.11. The number of fused-ring (bicyclic) bond motifs is 3. The van der Waals surface area contributed by atoms with E-state index in [0.717, 1.165) is 5.56 Å². The van der Waals surface area contributed by atoms with E-state index in [1.165, 1.54) is 4.90 Å². The van der Waals surface area contributed by atoms with Crippen molar-refractivity contribution in [1.82, 2.24) is 4.90 Å². The van der Waals surface area contributed by atoms with Gasteiger partial charge in [0.25, 0.3) is 5.91 Å². The van der Waals surface area contributed by atoms with Crippen LogP contribution in [0.15, 0.2) is 48.5 Å². The molecule has 2 heterocycles. The van der Waals surface area contributed by atoms with Crippen LogP contribution in [0.3, 0.4) is 0 Å². The highest BCUT2D eigenvalue weighted by atomic mass is 16.5. The molecule has 1 N–H and O–H groups in total. The molecule has 4 rings (SSSR count). The minimum atomic E-state index is -0.854. The first-order valence-electron chi connectivity index (χ1n) is 10.5. The first kappa shape index (κ1) is 21.1. The van der Waals surface area contributed by atoms with Crippen LogP contribution in [0.5, 0.6) is 0 Å². The van der Waals surface area contributed by atoms with Crippen LogP contribution in [-0.4, -0.2) is 40.9 Å². The predicted molar refractivity (Wildman–Crippen MR) is 118 cm³/mol. The number of ether oxygens (including phenoxy) is 1. The molecule has 0 aromatic heterocycles. The van der Waals surface area contributed by atoms with Crippen LogP contribution in [-0.2, 0) is 20.9 Å². The van der Waals surface area contributed by atoms with Crippen LogP contribution in [0.25, 0.3) is 0 Å². The Hall–Kier alpha value is -3.19. The lowest BCUT2D eigenvalue weighted by Crippen LogP contribution is -2.63. The number of carbonyl (C=O) groups excluding carboxylic acids is 3. The van der Waals surface area contributed by atoms with Gasteiger partial charge in [-0.1, -0.05) is 24.3 Å². The van der Waals surface area contributed by atoms with Crippen molar-refractivity contribution in [1.29, 1.82) is 0 Å². The zero-order valence-electron chi connectivity index (χ0n) is 18.1. The summed E-state index contributed by atoms with van der Waals surface area (Å²) in [6.07, 6.45) is 0.944. The summed E-state index contributed by atoms with van der Waals surface area (Å²) in [7, 11) is 0. The summed E-state index contributed by atoms with van der Waals surface area (Å²) in [5.74, 6) is -0.584. The fraction of sp³-hybridized carbons (Fsp3) is 0.375. The minimum absolute atomic E-state index is 0.0364. The van der Waals surface area contributed by atoms with E-state index in [-0.39, 0.29) is 30.4 Å². The largest absolute Gasteiger partial charge is 0.374 e. The molecule has 1 saturated heterocycles. The van der Waals surface area contributed by atoms with E-state index in [4.69, 9.17) is 4.74 Å². The van der Waals surface area contributed by atoms with Gasteiger partial charge < -0.3 is 15.0 Å². The molecule has 7 nitrogen and oxygen atoms in total. The fourth-order valence-electron chi connectivity index (χ4n) is 4.29. The van der Waals surface area contributed by atoms with Crippen molar-refractivity contribution < 1.29 is 19.1 Å². The lowest BCUT2D eigenvalue weighted by atomic mass is 9.98. The van der Waals surface area contributed by atoms with Gasteiger partial charge in [-0.05, 0) is 57.0 Å². The quantitative estimate of drug-likeness (QED) is 0.774. The van der Waals surface area contributed by atoms with Crippen molar-refractivity contribution in [3.05, 3.63) is 59.7 Å². The second kappa shape index (κ2) is 8.15. The third-order valence-electron chi connectivity index (χ3n) is 5.84. The van der Waals surface area contributed by atoms with E-state index in [1.807, 2.05) is 45.0 Å². The third kappa shape index (κ3) is 3.93. The summed E-state index contributed by atoms with van der Waals surface area (Å²) >= 11 is 0. The maximum atomic E-state index is 13.3. The number of para-hydroxylation sites is 1. The lowest BCUT2D eigenvalue weighted by molar-refractivity contribution is -0.120. The Kier molecular flexibility index (Phi) is 5.54. The van der Waals surface area contributed by atoms with Gasteiger partial charge in [0.2, 0.25) is 11.8 Å². The Balaban J connectivity index is 1.54. The average Bonchev–Trinajstić information content (AvgIpc) is 3.05. The number of nitrogens with zero attached hydrogens (tertiary/aromatic N) is 2. The molecule has 2 aliphatic rings. The number of carbonyl (C=O) groups is 3. The maximum Gasteiger partial charge on any atom is 0.258 e. The van der Waals surface area contributed by atoms with Crippen LogP contribution in [0.2, 0.25) is 0 Å². The lowest BCUT2D eigenvalue weighted by Gasteiger charge is -2.48. The summed E-state index contributed by atoms with van der Waals surface area (Å²) in [4.78, 5) is 42.0. The zero-order valence-corrected chi connectivity index (χ0v) is 18.1. The van der Waals surface area contributed by atoms with Crippen molar-refractivity contribution in [2.24, 2.45) is 0 Å². The van der Waals surface area contributed by atoms with E-state index in [9.17, 15) is 14.4 Å². The molecule has 0 aliphatic carbocycles. The van der Waals surface area contributed by atoms with Gasteiger partial charge in [0, 0.05) is 12.1 Å². The van der Waals surface area contributed by atoms with Crippen LogP contribution < -0.4 is 10.2 Å². The molecule has 0 saturated carbocycles. The molecule has 0 radical (unpaired) electrons. The van der Waals surface area contributed by atoms with Crippen molar-refractivity contribution >= 4 is 29.1 Å². The molecular weight excluding hydrogens is 394 g/mol. The van der Waals surface area contributed by atoms with Gasteiger partial charge in [-0.15, -0.1) is 0 Å². The number of anilines is 2. The maximum absolute atomic E-state index is 13.3. The van der Waals surface area contributed by atoms with Crippen molar-refractivity contribution in [3.63, 3.8) is 0 Å². The standard InChI is InChI=1S/C24H27N3O4/c1-16(2)31-15-17-7-6-8-18(13-17)25-21(28)14-26-23(30)19-9-4-5-10-20(19)27-22(29)11-12-24(26,27)3/h4-10,13,16H,11-12,14-15H2,1-3H3,(H,25,28). The van der Waals surface area contributed by atoms with Gasteiger partial charge in [-0.3, -0.25) is 19.3 Å².